The molecule has 6 nitrogen and oxygen atoms in total. The first-order valence-corrected chi connectivity index (χ1v) is 11.2. The van der Waals surface area contributed by atoms with Gasteiger partial charge in [-0.15, -0.1) is 11.3 Å². The number of H-pyrrole nitrogens is 1. The van der Waals surface area contributed by atoms with Crippen molar-refractivity contribution in [2.24, 2.45) is 0 Å². The number of aryl methyl sites for hydroxylation is 1. The Morgan fingerprint density at radius 2 is 2.06 bits per heavy atom. The smallest absolute Gasteiger partial charge is 0.256 e. The molecule has 1 atom stereocenters. The van der Waals surface area contributed by atoms with Gasteiger partial charge in [-0.3, -0.25) is 9.59 Å². The Morgan fingerprint density at radius 1 is 1.28 bits per heavy atom. The Kier molecular flexibility index (Phi) is 4.98. The summed E-state index contributed by atoms with van der Waals surface area (Å²) < 4.78 is 27.5. The van der Waals surface area contributed by atoms with Gasteiger partial charge in [0.25, 0.3) is 11.5 Å². The number of aliphatic hydroxyl groups is 1. The molecular weight excluding hydrogens is 436 g/mol. The van der Waals surface area contributed by atoms with E-state index in [2.05, 4.69) is 17.1 Å². The summed E-state index contributed by atoms with van der Waals surface area (Å²) in [4.78, 5) is 37.0. The molecule has 0 unspecified atom stereocenters. The van der Waals surface area contributed by atoms with Crippen LogP contribution in [0.4, 0.5) is 8.78 Å². The topological polar surface area (TPSA) is 86.3 Å². The third-order valence-electron chi connectivity index (χ3n) is 6.31. The number of thiophene rings is 1. The van der Waals surface area contributed by atoms with Gasteiger partial charge in [-0.05, 0) is 38.0 Å². The van der Waals surface area contributed by atoms with Crippen LogP contribution in [0.1, 0.15) is 51.3 Å². The molecule has 3 heterocycles. The third-order valence-corrected chi connectivity index (χ3v) is 7.51. The van der Waals surface area contributed by atoms with E-state index in [0.29, 0.717) is 23.5 Å². The van der Waals surface area contributed by atoms with E-state index >= 15 is 0 Å². The number of rotatable bonds is 4. The van der Waals surface area contributed by atoms with Crippen LogP contribution in [-0.4, -0.2) is 32.4 Å². The summed E-state index contributed by atoms with van der Waals surface area (Å²) in [5.41, 5.74) is 0.0151. The van der Waals surface area contributed by atoms with Crippen molar-refractivity contribution in [3.8, 4) is 0 Å². The number of aromatic nitrogens is 2. The number of nitrogens with one attached hydrogen (secondary N) is 1. The first-order chi connectivity index (χ1) is 15.3. The summed E-state index contributed by atoms with van der Waals surface area (Å²) in [6, 6.07) is 7.46. The summed E-state index contributed by atoms with van der Waals surface area (Å²) in [6.07, 6.45) is 0.334. The lowest BCUT2D eigenvalue weighted by molar-refractivity contribution is -0.141. The minimum atomic E-state index is -1.85. The zero-order chi connectivity index (χ0) is 22.6. The van der Waals surface area contributed by atoms with Crippen molar-refractivity contribution < 1.29 is 18.7 Å². The van der Waals surface area contributed by atoms with Crippen LogP contribution in [-0.2, 0) is 23.2 Å². The van der Waals surface area contributed by atoms with Gasteiger partial charge in [0.15, 0.2) is 17.7 Å². The molecule has 32 heavy (non-hydrogen) atoms. The average Bonchev–Trinajstić information content (AvgIpc) is 3.48. The minimum Gasteiger partial charge on any atom is -0.378 e. The van der Waals surface area contributed by atoms with E-state index in [4.69, 9.17) is 4.98 Å². The van der Waals surface area contributed by atoms with E-state index in [1.54, 1.807) is 11.3 Å². The van der Waals surface area contributed by atoms with Crippen LogP contribution >= 0.6 is 11.3 Å². The van der Waals surface area contributed by atoms with Crippen molar-refractivity contribution in [3.63, 3.8) is 0 Å². The van der Waals surface area contributed by atoms with Crippen molar-refractivity contribution in [1.82, 2.24) is 14.9 Å². The molecule has 1 aromatic carbocycles. The molecule has 2 aromatic heterocycles. The van der Waals surface area contributed by atoms with Crippen LogP contribution in [0, 0.1) is 18.6 Å². The van der Waals surface area contributed by atoms with Crippen LogP contribution in [0.25, 0.3) is 0 Å². The molecular formula is C23H21F2N3O3S. The number of carbonyl (C=O) groups excluding carboxylic acids is 1. The highest BCUT2D eigenvalue weighted by molar-refractivity contribution is 7.12. The number of benzene rings is 1. The fourth-order valence-electron chi connectivity index (χ4n) is 4.29. The SMILES string of the molecule is Cc1ccc(C2(c3nc4c(c(=O)[nH]3)CN(C(=O)[C@H](O)c3cccc(F)c3F)CC4)CC2)s1. The van der Waals surface area contributed by atoms with Crippen LogP contribution in [0.2, 0.25) is 0 Å². The van der Waals surface area contributed by atoms with Gasteiger partial charge >= 0.3 is 0 Å². The first kappa shape index (κ1) is 21.0. The molecule has 0 saturated heterocycles. The first-order valence-electron chi connectivity index (χ1n) is 10.4. The highest BCUT2D eigenvalue weighted by atomic mass is 32.1. The summed E-state index contributed by atoms with van der Waals surface area (Å²) in [5.74, 6) is -2.52. The number of amides is 1. The molecule has 0 radical (unpaired) electrons. The van der Waals surface area contributed by atoms with Crippen LogP contribution < -0.4 is 5.56 Å². The quantitative estimate of drug-likeness (QED) is 0.630. The van der Waals surface area contributed by atoms with Gasteiger partial charge in [-0.25, -0.2) is 13.8 Å². The van der Waals surface area contributed by atoms with E-state index in [-0.39, 0.29) is 24.1 Å². The van der Waals surface area contributed by atoms with Crippen molar-refractivity contribution in [2.75, 3.05) is 6.54 Å². The highest BCUT2D eigenvalue weighted by Crippen LogP contribution is 2.54. The molecule has 0 bridgehead atoms. The van der Waals surface area contributed by atoms with Gasteiger partial charge < -0.3 is 15.0 Å². The van der Waals surface area contributed by atoms with E-state index in [0.717, 1.165) is 18.9 Å². The van der Waals surface area contributed by atoms with Gasteiger partial charge in [0.2, 0.25) is 0 Å². The number of hydrogen-bond acceptors (Lipinski definition) is 5. The standard InChI is InChI=1S/C23H21F2N3O3S/c1-12-5-6-17(32-12)23(8-9-23)22-26-16-7-10-28(11-14(16)20(30)27-22)21(31)19(29)13-3-2-4-15(24)18(13)25/h2-6,19,29H,7-11H2,1H3,(H,26,27,30)/t19-/m1/s1. The molecule has 166 valence electrons. The zero-order valence-electron chi connectivity index (χ0n) is 17.3. The number of halogens is 2. The average molecular weight is 458 g/mol. The lowest BCUT2D eigenvalue weighted by Gasteiger charge is -2.30. The van der Waals surface area contributed by atoms with Crippen molar-refractivity contribution >= 4 is 17.2 Å². The lowest BCUT2D eigenvalue weighted by Crippen LogP contribution is -2.42. The lowest BCUT2D eigenvalue weighted by atomic mass is 10.0. The number of fused-ring (bicyclic) bond motifs is 1. The number of aliphatic hydroxyl groups excluding tert-OH is 1. The highest BCUT2D eigenvalue weighted by Gasteiger charge is 2.50. The van der Waals surface area contributed by atoms with Gasteiger partial charge in [0.1, 0.15) is 5.82 Å². The fourth-order valence-corrected chi connectivity index (χ4v) is 5.41. The van der Waals surface area contributed by atoms with E-state index in [1.807, 2.05) is 6.92 Å². The molecule has 5 rings (SSSR count). The maximum absolute atomic E-state index is 14.0. The molecule has 3 aromatic rings. The minimum absolute atomic E-state index is 0.0457. The molecule has 0 spiro atoms. The second-order valence-electron chi connectivity index (χ2n) is 8.39. The second-order valence-corrected chi connectivity index (χ2v) is 9.68. The fraction of sp³-hybridized carbons (Fsp3) is 0.348. The monoisotopic (exact) mass is 457 g/mol. The van der Waals surface area contributed by atoms with Crippen molar-refractivity contribution in [1.29, 1.82) is 0 Å². The molecule has 2 aliphatic rings. The number of aromatic amines is 1. The molecule has 1 aliphatic carbocycles. The maximum atomic E-state index is 14.0. The molecule has 2 N–H and O–H groups in total. The maximum Gasteiger partial charge on any atom is 0.256 e. The van der Waals surface area contributed by atoms with Crippen molar-refractivity contribution in [3.05, 3.63) is 84.7 Å². The summed E-state index contributed by atoms with van der Waals surface area (Å²) in [5, 5.41) is 10.4. The number of nitrogens with zero attached hydrogens (tertiary/aromatic N) is 2. The van der Waals surface area contributed by atoms with Gasteiger partial charge in [0, 0.05) is 28.3 Å². The summed E-state index contributed by atoms with van der Waals surface area (Å²) >= 11 is 1.70. The van der Waals surface area contributed by atoms with Crippen LogP contribution in [0.15, 0.2) is 35.1 Å². The second kappa shape index (κ2) is 7.60. The zero-order valence-corrected chi connectivity index (χ0v) is 18.1. The molecule has 1 amide bonds. The predicted molar refractivity (Wildman–Crippen MR) is 114 cm³/mol. The van der Waals surface area contributed by atoms with Crippen LogP contribution in [0.5, 0.6) is 0 Å². The predicted octanol–water partition coefficient (Wildman–Crippen LogP) is 3.12. The van der Waals surface area contributed by atoms with Gasteiger partial charge in [0.05, 0.1) is 23.2 Å². The van der Waals surface area contributed by atoms with E-state index in [1.165, 1.54) is 26.8 Å². The normalized spacial score (nSPS) is 17.7. The van der Waals surface area contributed by atoms with E-state index in [9.17, 15) is 23.5 Å². The molecule has 9 heteroatoms. The number of carbonyl (C=O) groups is 1. The summed E-state index contributed by atoms with van der Waals surface area (Å²) in [6.45, 7) is 2.22. The van der Waals surface area contributed by atoms with E-state index < -0.39 is 29.2 Å². The van der Waals surface area contributed by atoms with Gasteiger partial charge in [-0.2, -0.15) is 0 Å². The van der Waals surface area contributed by atoms with Gasteiger partial charge in [-0.1, -0.05) is 12.1 Å². The molecule has 1 saturated carbocycles. The Balaban J connectivity index is 1.41. The number of hydrogen-bond donors (Lipinski definition) is 2. The largest absolute Gasteiger partial charge is 0.378 e. The Hall–Kier alpha value is -2.91. The third kappa shape index (κ3) is 3.36. The van der Waals surface area contributed by atoms with Crippen LogP contribution in [0.3, 0.4) is 0 Å². The van der Waals surface area contributed by atoms with Crippen molar-refractivity contribution in [2.45, 2.75) is 44.2 Å². The Labute approximate surface area is 186 Å². The Bertz CT molecular complexity index is 1280. The molecule has 1 fully saturated rings. The Morgan fingerprint density at radius 3 is 2.75 bits per heavy atom. The molecule has 1 aliphatic heterocycles. The summed E-state index contributed by atoms with van der Waals surface area (Å²) in [7, 11) is 0.